The molecule has 0 saturated carbocycles. The summed E-state index contributed by atoms with van der Waals surface area (Å²) in [5.74, 6) is 0. The maximum atomic E-state index is 12.5. The Morgan fingerprint density at radius 3 is 2.57 bits per heavy atom. The van der Waals surface area contributed by atoms with Gasteiger partial charge in [0, 0.05) is 47.9 Å². The van der Waals surface area contributed by atoms with Crippen molar-refractivity contribution in [2.75, 3.05) is 31.6 Å². The minimum Gasteiger partial charge on any atom is -0.378 e. The van der Waals surface area contributed by atoms with Crippen molar-refractivity contribution < 1.29 is 9.53 Å². The smallest absolute Gasteiger partial charge is 0.321 e. The molecule has 2 N–H and O–H groups in total. The van der Waals surface area contributed by atoms with Crippen molar-refractivity contribution in [3.63, 3.8) is 0 Å². The van der Waals surface area contributed by atoms with Crippen LogP contribution in [0.5, 0.6) is 0 Å². The Bertz CT molecular complexity index is 1470. The lowest BCUT2D eigenvalue weighted by atomic mass is 10.0. The number of carbonyl (C=O) groups excluding carboxylic acids is 1. The van der Waals surface area contributed by atoms with Gasteiger partial charge in [0.15, 0.2) is 0 Å². The molecule has 5 aromatic rings. The van der Waals surface area contributed by atoms with Crippen molar-refractivity contribution in [1.29, 1.82) is 0 Å². The highest BCUT2D eigenvalue weighted by molar-refractivity contribution is 5.90. The lowest BCUT2D eigenvalue weighted by molar-refractivity contribution is 0.0564. The van der Waals surface area contributed by atoms with Crippen LogP contribution in [0.3, 0.4) is 0 Å². The quantitative estimate of drug-likeness (QED) is 0.412. The van der Waals surface area contributed by atoms with E-state index in [1.54, 1.807) is 11.1 Å². The standard InChI is InChI=1S/C26H23N7O2/c34-26(32-11-13-35-14-12-32)30-20-7-4-18(5-8-20)25-21(15-29-31-25)19-6-9-24-28-16-23(33(24)17-19)22-3-1-2-10-27-22/h1-10,15-17H,11-14H2,(H,29,31)(H,30,34). The maximum absolute atomic E-state index is 12.5. The van der Waals surface area contributed by atoms with Gasteiger partial charge in [-0.15, -0.1) is 0 Å². The van der Waals surface area contributed by atoms with Crippen molar-refractivity contribution >= 4 is 17.4 Å². The Labute approximate surface area is 201 Å². The number of nitrogens with zero attached hydrogens (tertiary/aromatic N) is 5. The second-order valence-electron chi connectivity index (χ2n) is 8.27. The molecule has 1 saturated heterocycles. The normalized spacial score (nSPS) is 13.8. The first-order valence-corrected chi connectivity index (χ1v) is 11.4. The van der Waals surface area contributed by atoms with E-state index in [9.17, 15) is 4.79 Å². The predicted molar refractivity (Wildman–Crippen MR) is 133 cm³/mol. The van der Waals surface area contributed by atoms with Crippen LogP contribution in [0, 0.1) is 0 Å². The molecule has 5 heterocycles. The van der Waals surface area contributed by atoms with E-state index in [0.717, 1.165) is 45.1 Å². The Morgan fingerprint density at radius 1 is 0.943 bits per heavy atom. The molecule has 6 rings (SSSR count). The Hall–Kier alpha value is -4.50. The number of H-pyrrole nitrogens is 1. The van der Waals surface area contributed by atoms with Crippen LogP contribution in [0.25, 0.3) is 39.4 Å². The van der Waals surface area contributed by atoms with Gasteiger partial charge in [-0.25, -0.2) is 9.78 Å². The number of nitrogens with one attached hydrogen (secondary N) is 2. The zero-order valence-corrected chi connectivity index (χ0v) is 18.9. The summed E-state index contributed by atoms with van der Waals surface area (Å²) in [6.07, 6.45) is 7.49. The van der Waals surface area contributed by atoms with E-state index in [1.165, 1.54) is 0 Å². The van der Waals surface area contributed by atoms with Gasteiger partial charge in [0.1, 0.15) is 5.65 Å². The largest absolute Gasteiger partial charge is 0.378 e. The fourth-order valence-corrected chi connectivity index (χ4v) is 4.26. The van der Waals surface area contributed by atoms with Crippen LogP contribution in [0.15, 0.2) is 79.4 Å². The predicted octanol–water partition coefficient (Wildman–Crippen LogP) is 4.32. The fraction of sp³-hybridized carbons (Fsp3) is 0.154. The average Bonchev–Trinajstić information content (AvgIpc) is 3.57. The highest BCUT2D eigenvalue weighted by Gasteiger charge is 2.17. The van der Waals surface area contributed by atoms with E-state index in [0.29, 0.717) is 26.3 Å². The third kappa shape index (κ3) is 4.13. The zero-order valence-electron chi connectivity index (χ0n) is 18.9. The van der Waals surface area contributed by atoms with Crippen molar-refractivity contribution in [2.24, 2.45) is 0 Å². The van der Waals surface area contributed by atoms with Crippen molar-refractivity contribution in [3.8, 4) is 33.8 Å². The molecule has 35 heavy (non-hydrogen) atoms. The molecule has 0 atom stereocenters. The number of anilines is 1. The lowest BCUT2D eigenvalue weighted by Gasteiger charge is -2.26. The minimum absolute atomic E-state index is 0.111. The summed E-state index contributed by atoms with van der Waals surface area (Å²) >= 11 is 0. The molecule has 1 aliphatic heterocycles. The van der Waals surface area contributed by atoms with E-state index >= 15 is 0 Å². The van der Waals surface area contributed by atoms with Crippen LogP contribution in [0.1, 0.15) is 0 Å². The second kappa shape index (κ2) is 9.03. The number of amides is 2. The number of ether oxygens (including phenoxy) is 1. The number of morpholine rings is 1. The number of imidazole rings is 1. The fourth-order valence-electron chi connectivity index (χ4n) is 4.26. The topological polar surface area (TPSA) is 100 Å². The summed E-state index contributed by atoms with van der Waals surface area (Å²) in [6, 6.07) is 17.5. The maximum Gasteiger partial charge on any atom is 0.321 e. The van der Waals surface area contributed by atoms with Crippen molar-refractivity contribution in [2.45, 2.75) is 0 Å². The van der Waals surface area contributed by atoms with Crippen molar-refractivity contribution in [1.82, 2.24) is 29.5 Å². The van der Waals surface area contributed by atoms with Crippen molar-refractivity contribution in [3.05, 3.63) is 79.4 Å². The summed E-state index contributed by atoms with van der Waals surface area (Å²) in [5.41, 5.74) is 7.21. The molecule has 4 aromatic heterocycles. The Balaban J connectivity index is 1.27. The molecule has 1 fully saturated rings. The first-order valence-electron chi connectivity index (χ1n) is 11.4. The molecule has 0 spiro atoms. The highest BCUT2D eigenvalue weighted by atomic mass is 16.5. The van der Waals surface area contributed by atoms with Crippen LogP contribution in [0.2, 0.25) is 0 Å². The highest BCUT2D eigenvalue weighted by Crippen LogP contribution is 2.32. The first kappa shape index (κ1) is 21.1. The van der Waals surface area contributed by atoms with Crippen LogP contribution in [-0.4, -0.2) is 61.8 Å². The van der Waals surface area contributed by atoms with Gasteiger partial charge in [-0.1, -0.05) is 18.2 Å². The van der Waals surface area contributed by atoms with E-state index in [-0.39, 0.29) is 6.03 Å². The lowest BCUT2D eigenvalue weighted by Crippen LogP contribution is -2.43. The molecule has 9 heteroatoms. The van der Waals surface area contributed by atoms with E-state index in [2.05, 4.69) is 31.7 Å². The molecule has 9 nitrogen and oxygen atoms in total. The molecule has 0 aliphatic carbocycles. The van der Waals surface area contributed by atoms with Gasteiger partial charge >= 0.3 is 6.03 Å². The third-order valence-corrected chi connectivity index (χ3v) is 6.11. The van der Waals surface area contributed by atoms with Gasteiger partial charge in [0.2, 0.25) is 0 Å². The van der Waals surface area contributed by atoms with Gasteiger partial charge in [0.05, 0.1) is 42.7 Å². The monoisotopic (exact) mass is 465 g/mol. The first-order chi connectivity index (χ1) is 17.3. The molecular weight excluding hydrogens is 442 g/mol. The van der Waals surface area contributed by atoms with E-state index < -0.39 is 0 Å². The summed E-state index contributed by atoms with van der Waals surface area (Å²) < 4.78 is 7.35. The third-order valence-electron chi connectivity index (χ3n) is 6.11. The average molecular weight is 466 g/mol. The molecule has 174 valence electrons. The van der Waals surface area contributed by atoms with Crippen LogP contribution < -0.4 is 5.32 Å². The number of aromatic nitrogens is 5. The van der Waals surface area contributed by atoms with E-state index in [1.807, 2.05) is 71.4 Å². The number of urea groups is 1. The number of carbonyl (C=O) groups is 1. The SMILES string of the molecule is O=C(Nc1ccc(-c2[nH]ncc2-c2ccc3ncc(-c4ccccn4)n3c2)cc1)N1CCOCC1. The number of pyridine rings is 2. The minimum atomic E-state index is -0.111. The molecule has 2 amide bonds. The van der Waals surface area contributed by atoms with Crippen LogP contribution in [0.4, 0.5) is 10.5 Å². The number of fused-ring (bicyclic) bond motifs is 1. The van der Waals surface area contributed by atoms with Gasteiger partial charge in [0.25, 0.3) is 0 Å². The van der Waals surface area contributed by atoms with Gasteiger partial charge in [-0.05, 0) is 36.4 Å². The number of rotatable bonds is 4. The summed E-state index contributed by atoms with van der Waals surface area (Å²) in [7, 11) is 0. The molecular formula is C26H23N7O2. The van der Waals surface area contributed by atoms with Gasteiger partial charge in [-0.3, -0.25) is 14.5 Å². The molecule has 0 bridgehead atoms. The van der Waals surface area contributed by atoms with E-state index in [4.69, 9.17) is 4.74 Å². The second-order valence-corrected chi connectivity index (χ2v) is 8.27. The summed E-state index contributed by atoms with van der Waals surface area (Å²) in [5, 5.41) is 10.4. The molecule has 0 unspecified atom stereocenters. The molecule has 1 aliphatic rings. The molecule has 0 radical (unpaired) electrons. The summed E-state index contributed by atoms with van der Waals surface area (Å²) in [4.78, 5) is 23.2. The molecule has 1 aromatic carbocycles. The number of benzene rings is 1. The number of aromatic amines is 1. The number of hydrogen-bond acceptors (Lipinski definition) is 5. The Morgan fingerprint density at radius 2 is 1.77 bits per heavy atom. The van der Waals surface area contributed by atoms with Crippen LogP contribution in [-0.2, 0) is 4.74 Å². The number of hydrogen-bond donors (Lipinski definition) is 2. The van der Waals surface area contributed by atoms with Gasteiger partial charge in [-0.2, -0.15) is 5.10 Å². The van der Waals surface area contributed by atoms with Crippen LogP contribution >= 0.6 is 0 Å². The zero-order chi connectivity index (χ0) is 23.6. The summed E-state index contributed by atoms with van der Waals surface area (Å²) in [6.45, 7) is 2.35. The van der Waals surface area contributed by atoms with Gasteiger partial charge < -0.3 is 15.0 Å². The Kier molecular flexibility index (Phi) is 5.44.